The molecule has 12 heteroatoms. The summed E-state index contributed by atoms with van der Waals surface area (Å²) >= 11 is 0. The van der Waals surface area contributed by atoms with Crippen molar-refractivity contribution >= 4 is 17.9 Å². The number of carbonyl (C=O) groups excluding carboxylic acids is 3. The van der Waals surface area contributed by atoms with Gasteiger partial charge in [-0.1, -0.05) is 30.7 Å². The number of allylic oxidation sites excluding steroid dienone is 2. The van der Waals surface area contributed by atoms with Crippen LogP contribution in [-0.2, 0) is 28.5 Å². The Bertz CT molecular complexity index is 1130. The highest BCUT2D eigenvalue weighted by atomic mass is 16.6. The number of hydrogen-bond donors (Lipinski definition) is 4. The van der Waals surface area contributed by atoms with E-state index in [4.69, 9.17) is 24.7 Å². The van der Waals surface area contributed by atoms with Crippen LogP contribution in [0, 0.1) is 5.92 Å². The Morgan fingerprint density at radius 3 is 2.59 bits per heavy atom. The molecule has 4 rings (SSSR count). The van der Waals surface area contributed by atoms with Gasteiger partial charge in [-0.25, -0.2) is 4.79 Å². The predicted octanol–water partition coefficient (Wildman–Crippen LogP) is 2.50. The molecule has 4 aliphatic rings. The molecule has 0 aromatic heterocycles. The molecule has 258 valence electrons. The second-order valence-corrected chi connectivity index (χ2v) is 13.3. The lowest BCUT2D eigenvalue weighted by Crippen LogP contribution is -2.51. The third-order valence-electron chi connectivity index (χ3n) is 9.35. The number of rotatable bonds is 12. The Hall–Kier alpha value is -2.77. The van der Waals surface area contributed by atoms with Crippen LogP contribution in [0.15, 0.2) is 36.0 Å². The van der Waals surface area contributed by atoms with Gasteiger partial charge in [-0.15, -0.1) is 0 Å². The van der Waals surface area contributed by atoms with Crippen molar-refractivity contribution in [2.45, 2.75) is 121 Å². The van der Waals surface area contributed by atoms with Crippen LogP contribution < -0.4 is 16.4 Å². The van der Waals surface area contributed by atoms with Crippen molar-refractivity contribution in [3.8, 4) is 0 Å². The minimum atomic E-state index is -0.803. The normalized spacial score (nSPS) is 34.1. The summed E-state index contributed by atoms with van der Waals surface area (Å²) in [6.07, 6.45) is 11.4. The molecule has 0 saturated carbocycles. The molecule has 4 aliphatic heterocycles. The molecule has 0 aliphatic carbocycles. The van der Waals surface area contributed by atoms with Gasteiger partial charge in [0, 0.05) is 38.7 Å². The van der Waals surface area contributed by atoms with Crippen molar-refractivity contribution < 1.29 is 38.4 Å². The fourth-order valence-corrected chi connectivity index (χ4v) is 6.43. The molecule has 9 atom stereocenters. The molecule has 3 amide bonds. The van der Waals surface area contributed by atoms with Gasteiger partial charge in [-0.05, 0) is 64.9 Å². The fraction of sp³-hybridized carbons (Fsp3) is 0.735. The first kappa shape index (κ1) is 36.1. The van der Waals surface area contributed by atoms with Crippen LogP contribution >= 0.6 is 0 Å². The number of piperidine rings is 1. The van der Waals surface area contributed by atoms with Gasteiger partial charge in [0.15, 0.2) is 0 Å². The number of nitrogens with zero attached hydrogens (tertiary/aromatic N) is 1. The summed E-state index contributed by atoms with van der Waals surface area (Å²) in [5, 5.41) is 16.7. The van der Waals surface area contributed by atoms with E-state index in [0.717, 1.165) is 44.3 Å². The van der Waals surface area contributed by atoms with Crippen molar-refractivity contribution in [2.75, 3.05) is 32.8 Å². The highest BCUT2D eigenvalue weighted by Crippen LogP contribution is 2.43. The van der Waals surface area contributed by atoms with Crippen LogP contribution in [0.3, 0.4) is 0 Å². The number of likely N-dealkylation sites (tertiary alicyclic amines) is 1. The molecule has 46 heavy (non-hydrogen) atoms. The van der Waals surface area contributed by atoms with E-state index in [-0.39, 0.29) is 54.6 Å². The van der Waals surface area contributed by atoms with E-state index in [1.165, 1.54) is 6.08 Å². The quantitative estimate of drug-likeness (QED) is 0.142. The number of nitrogens with one attached hydrogen (secondary N) is 2. The number of ether oxygens (including phenoxy) is 4. The zero-order chi connectivity index (χ0) is 33.3. The largest absolute Gasteiger partial charge is 0.442 e. The molecule has 0 radical (unpaired) electrons. The minimum absolute atomic E-state index is 0.00710. The lowest BCUT2D eigenvalue weighted by molar-refractivity contribution is -0.145. The average Bonchev–Trinajstić information content (AvgIpc) is 3.81. The Labute approximate surface area is 273 Å². The standard InChI is InChI=1S/C34H54N4O8/c1-22(9-12-29-32(41)34(21-43-34)20-26(46-29)19-31(40)36-15-14-35)8-11-28-23(2)18-27(25(4)45-28)37-30(39)13-10-24(3)44-33(42)38-16-6-5-7-17-38/h8-10,12-13,23-29,32,41H,5-7,11,14-21,35H2,1-4H3,(H,36,40)(H,37,39)/t23-,24-,25+,26+,27+,28-,29+,32+,34+/m0/s1. The van der Waals surface area contributed by atoms with Crippen molar-refractivity contribution in [3.05, 3.63) is 36.0 Å². The highest BCUT2D eigenvalue weighted by Gasteiger charge is 2.58. The van der Waals surface area contributed by atoms with E-state index < -0.39 is 23.9 Å². The molecule has 0 aromatic carbocycles. The maximum absolute atomic E-state index is 12.7. The monoisotopic (exact) mass is 646 g/mol. The number of epoxide rings is 1. The van der Waals surface area contributed by atoms with Gasteiger partial charge < -0.3 is 45.3 Å². The van der Waals surface area contributed by atoms with Gasteiger partial charge in [0.2, 0.25) is 11.8 Å². The van der Waals surface area contributed by atoms with Gasteiger partial charge in [0.25, 0.3) is 0 Å². The molecule has 4 fully saturated rings. The summed E-state index contributed by atoms with van der Waals surface area (Å²) in [5.74, 6) is -0.155. The number of aliphatic hydroxyl groups is 1. The molecular weight excluding hydrogens is 592 g/mol. The van der Waals surface area contributed by atoms with Crippen molar-refractivity contribution in [2.24, 2.45) is 11.7 Å². The van der Waals surface area contributed by atoms with Gasteiger partial charge in [-0.3, -0.25) is 9.59 Å². The first-order chi connectivity index (χ1) is 22.0. The zero-order valence-electron chi connectivity index (χ0n) is 27.8. The van der Waals surface area contributed by atoms with Crippen LogP contribution in [-0.4, -0.2) is 109 Å². The van der Waals surface area contributed by atoms with E-state index in [9.17, 15) is 19.5 Å². The lowest BCUT2D eigenvalue weighted by atomic mass is 9.87. The van der Waals surface area contributed by atoms with E-state index in [0.29, 0.717) is 32.5 Å². The SMILES string of the molecule is CC(C=C[C@H]1O[C@H](CC(=O)NCCN)C[C@@]2(CO2)[C@@H]1O)=CC[C@@H]1O[C@H](C)[C@H](NC(=O)C=C[C@H](C)OC(=O)N2CCCCC2)C[C@@H]1C. The Balaban J connectivity index is 1.21. The Kier molecular flexibility index (Phi) is 13.2. The summed E-state index contributed by atoms with van der Waals surface area (Å²) in [4.78, 5) is 38.9. The van der Waals surface area contributed by atoms with Gasteiger partial charge >= 0.3 is 6.09 Å². The third kappa shape index (κ3) is 10.4. The summed E-state index contributed by atoms with van der Waals surface area (Å²) in [5.41, 5.74) is 5.83. The third-order valence-corrected chi connectivity index (χ3v) is 9.35. The summed E-state index contributed by atoms with van der Waals surface area (Å²) in [7, 11) is 0. The smallest absolute Gasteiger partial charge is 0.410 e. The number of hydrogen-bond acceptors (Lipinski definition) is 9. The lowest BCUT2D eigenvalue weighted by Gasteiger charge is -2.39. The summed E-state index contributed by atoms with van der Waals surface area (Å²) in [6.45, 7) is 10.5. The predicted molar refractivity (Wildman–Crippen MR) is 173 cm³/mol. The summed E-state index contributed by atoms with van der Waals surface area (Å²) in [6, 6.07) is -0.133. The average molecular weight is 647 g/mol. The van der Waals surface area contributed by atoms with Crippen LogP contribution in [0.2, 0.25) is 0 Å². The maximum Gasteiger partial charge on any atom is 0.410 e. The Morgan fingerprint density at radius 2 is 1.89 bits per heavy atom. The van der Waals surface area contributed by atoms with Gasteiger partial charge in [0.1, 0.15) is 23.9 Å². The molecule has 4 heterocycles. The molecule has 0 aromatic rings. The molecule has 0 bridgehead atoms. The van der Waals surface area contributed by atoms with Crippen LogP contribution in [0.4, 0.5) is 4.79 Å². The molecular formula is C34H54N4O8. The van der Waals surface area contributed by atoms with E-state index in [1.54, 1.807) is 17.9 Å². The first-order valence-electron chi connectivity index (χ1n) is 16.9. The number of aliphatic hydroxyl groups excluding tert-OH is 1. The van der Waals surface area contributed by atoms with Crippen molar-refractivity contribution in [1.82, 2.24) is 15.5 Å². The maximum atomic E-state index is 12.7. The van der Waals surface area contributed by atoms with Gasteiger partial charge in [0.05, 0.1) is 37.4 Å². The van der Waals surface area contributed by atoms with Crippen molar-refractivity contribution in [1.29, 1.82) is 0 Å². The molecule has 4 saturated heterocycles. The van der Waals surface area contributed by atoms with Crippen molar-refractivity contribution in [3.63, 3.8) is 0 Å². The summed E-state index contributed by atoms with van der Waals surface area (Å²) < 4.78 is 23.5. The highest BCUT2D eigenvalue weighted by molar-refractivity contribution is 5.87. The molecule has 1 spiro atoms. The number of amides is 3. The number of carbonyl (C=O) groups is 3. The second kappa shape index (κ2) is 16.9. The number of nitrogens with two attached hydrogens (primary N) is 1. The van der Waals surface area contributed by atoms with Gasteiger partial charge in [-0.2, -0.15) is 0 Å². The Morgan fingerprint density at radius 1 is 1.15 bits per heavy atom. The first-order valence-corrected chi connectivity index (χ1v) is 16.9. The van der Waals surface area contributed by atoms with E-state index >= 15 is 0 Å². The molecule has 5 N–H and O–H groups in total. The fourth-order valence-electron chi connectivity index (χ4n) is 6.43. The molecule has 12 nitrogen and oxygen atoms in total. The van der Waals surface area contributed by atoms with E-state index in [1.807, 2.05) is 26.0 Å². The van der Waals surface area contributed by atoms with Crippen LogP contribution in [0.25, 0.3) is 0 Å². The topological polar surface area (TPSA) is 165 Å². The van der Waals surface area contributed by atoms with Crippen LogP contribution in [0.5, 0.6) is 0 Å². The molecule has 0 unspecified atom stereocenters. The van der Waals surface area contributed by atoms with E-state index in [2.05, 4.69) is 23.6 Å². The minimum Gasteiger partial charge on any atom is -0.442 e. The zero-order valence-corrected chi connectivity index (χ0v) is 27.8. The second-order valence-electron chi connectivity index (χ2n) is 13.3. The van der Waals surface area contributed by atoms with Crippen LogP contribution in [0.1, 0.15) is 72.6 Å².